The number of halogens is 1. The van der Waals surface area contributed by atoms with Gasteiger partial charge in [-0.15, -0.1) is 0 Å². The summed E-state index contributed by atoms with van der Waals surface area (Å²) in [6.07, 6.45) is 0.342. The molecule has 2 aromatic carbocycles. The molecule has 2 aromatic rings. The first-order valence-corrected chi connectivity index (χ1v) is 6.27. The first kappa shape index (κ1) is 12.5. The van der Waals surface area contributed by atoms with Crippen LogP contribution < -0.4 is 0 Å². The van der Waals surface area contributed by atoms with Crippen LogP contribution in [0.4, 0.5) is 0 Å². The number of carbonyl (C=O) groups is 1. The molecular weight excluding hydrogens is 290 g/mol. The van der Waals surface area contributed by atoms with Crippen LogP contribution in [0, 0.1) is 11.3 Å². The molecule has 2 rings (SSSR count). The Morgan fingerprint density at radius 2 is 1.78 bits per heavy atom. The van der Waals surface area contributed by atoms with Crippen molar-refractivity contribution in [1.29, 1.82) is 5.26 Å². The predicted octanol–water partition coefficient (Wildman–Crippen LogP) is 3.75. The molecule has 0 unspecified atom stereocenters. The third kappa shape index (κ3) is 2.85. The molecule has 2 nitrogen and oxygen atoms in total. The van der Waals surface area contributed by atoms with Crippen molar-refractivity contribution in [2.75, 3.05) is 0 Å². The largest absolute Gasteiger partial charge is 0.294 e. The fourth-order valence-electron chi connectivity index (χ4n) is 1.67. The number of Topliss-reactive ketones (excluding diaryl/α,β-unsaturated/α-hetero) is 1. The van der Waals surface area contributed by atoms with Crippen LogP contribution in [0.5, 0.6) is 0 Å². The van der Waals surface area contributed by atoms with E-state index in [4.69, 9.17) is 5.26 Å². The van der Waals surface area contributed by atoms with E-state index >= 15 is 0 Å². The van der Waals surface area contributed by atoms with Gasteiger partial charge in [-0.05, 0) is 23.8 Å². The quantitative estimate of drug-likeness (QED) is 0.810. The summed E-state index contributed by atoms with van der Waals surface area (Å²) in [4.78, 5) is 12.1. The number of hydrogen-bond donors (Lipinski definition) is 0. The Morgan fingerprint density at radius 1 is 1.11 bits per heavy atom. The number of carbonyl (C=O) groups excluding carboxylic acids is 1. The third-order valence-electron chi connectivity index (χ3n) is 2.62. The van der Waals surface area contributed by atoms with E-state index < -0.39 is 0 Å². The standard InChI is InChI=1S/C15H10BrNO/c16-14-4-2-1-3-13(14)15(18)9-11-5-7-12(10-17)8-6-11/h1-8H,9H2. The number of nitriles is 1. The van der Waals surface area contributed by atoms with E-state index in [2.05, 4.69) is 22.0 Å². The first-order valence-electron chi connectivity index (χ1n) is 5.47. The normalized spacial score (nSPS) is 9.78. The molecule has 18 heavy (non-hydrogen) atoms. The van der Waals surface area contributed by atoms with Crippen molar-refractivity contribution in [1.82, 2.24) is 0 Å². The molecule has 0 saturated carbocycles. The van der Waals surface area contributed by atoms with Crippen LogP contribution in [0.15, 0.2) is 53.0 Å². The van der Waals surface area contributed by atoms with E-state index in [-0.39, 0.29) is 5.78 Å². The van der Waals surface area contributed by atoms with Crippen LogP contribution >= 0.6 is 15.9 Å². The van der Waals surface area contributed by atoms with E-state index in [0.717, 1.165) is 10.0 Å². The fraction of sp³-hybridized carbons (Fsp3) is 0.0667. The highest BCUT2D eigenvalue weighted by molar-refractivity contribution is 9.10. The van der Waals surface area contributed by atoms with Gasteiger partial charge in [-0.2, -0.15) is 5.26 Å². The average Bonchev–Trinajstić information content (AvgIpc) is 2.40. The highest BCUT2D eigenvalue weighted by Gasteiger charge is 2.09. The van der Waals surface area contributed by atoms with Crippen molar-refractivity contribution in [3.63, 3.8) is 0 Å². The van der Waals surface area contributed by atoms with Gasteiger partial charge in [0.05, 0.1) is 11.6 Å². The molecule has 0 saturated heterocycles. The monoisotopic (exact) mass is 299 g/mol. The Bertz CT molecular complexity index is 611. The number of ketones is 1. The molecule has 0 bridgehead atoms. The summed E-state index contributed by atoms with van der Waals surface area (Å²) in [5.41, 5.74) is 2.20. The zero-order valence-corrected chi connectivity index (χ0v) is 11.1. The van der Waals surface area contributed by atoms with E-state index in [0.29, 0.717) is 17.5 Å². The second-order valence-corrected chi connectivity index (χ2v) is 4.74. The second-order valence-electron chi connectivity index (χ2n) is 3.89. The van der Waals surface area contributed by atoms with Gasteiger partial charge < -0.3 is 0 Å². The maximum absolute atomic E-state index is 12.1. The summed E-state index contributed by atoms with van der Waals surface area (Å²) < 4.78 is 0.809. The molecule has 0 heterocycles. The second kappa shape index (κ2) is 5.61. The Labute approximate surface area is 114 Å². The molecule has 0 N–H and O–H groups in total. The molecule has 0 spiro atoms. The van der Waals surface area contributed by atoms with E-state index in [1.807, 2.05) is 30.3 Å². The number of benzene rings is 2. The molecule has 0 aliphatic heterocycles. The Morgan fingerprint density at radius 3 is 2.39 bits per heavy atom. The topological polar surface area (TPSA) is 40.9 Å². The van der Waals surface area contributed by atoms with Crippen LogP contribution in [0.3, 0.4) is 0 Å². The molecule has 3 heteroatoms. The molecule has 0 amide bonds. The molecule has 0 radical (unpaired) electrons. The molecule has 0 fully saturated rings. The molecule has 0 atom stereocenters. The number of hydrogen-bond acceptors (Lipinski definition) is 2. The van der Waals surface area contributed by atoms with Crippen LogP contribution in [-0.4, -0.2) is 5.78 Å². The smallest absolute Gasteiger partial charge is 0.168 e. The van der Waals surface area contributed by atoms with Gasteiger partial charge in [-0.25, -0.2) is 0 Å². The SMILES string of the molecule is N#Cc1ccc(CC(=O)c2ccccc2Br)cc1. The molecule has 0 aliphatic carbocycles. The summed E-state index contributed by atoms with van der Waals surface area (Å²) in [7, 11) is 0. The van der Waals surface area contributed by atoms with Crippen molar-refractivity contribution < 1.29 is 4.79 Å². The van der Waals surface area contributed by atoms with Gasteiger partial charge in [0, 0.05) is 16.5 Å². The zero-order chi connectivity index (χ0) is 13.0. The Hall–Kier alpha value is -1.92. The summed E-state index contributed by atoms with van der Waals surface area (Å²) in [6, 6.07) is 16.5. The number of rotatable bonds is 3. The summed E-state index contributed by atoms with van der Waals surface area (Å²) in [5.74, 6) is 0.0622. The van der Waals surface area contributed by atoms with Gasteiger partial charge in [0.2, 0.25) is 0 Å². The zero-order valence-electron chi connectivity index (χ0n) is 9.56. The lowest BCUT2D eigenvalue weighted by Crippen LogP contribution is -2.04. The lowest BCUT2D eigenvalue weighted by atomic mass is 10.0. The van der Waals surface area contributed by atoms with Gasteiger partial charge in [0.25, 0.3) is 0 Å². The van der Waals surface area contributed by atoms with Crippen molar-refractivity contribution in [3.8, 4) is 6.07 Å². The maximum atomic E-state index is 12.1. The molecular formula is C15H10BrNO. The van der Waals surface area contributed by atoms with Crippen LogP contribution in [-0.2, 0) is 6.42 Å². The highest BCUT2D eigenvalue weighted by atomic mass is 79.9. The fourth-order valence-corrected chi connectivity index (χ4v) is 2.17. The summed E-state index contributed by atoms with van der Waals surface area (Å²) in [6.45, 7) is 0. The van der Waals surface area contributed by atoms with Crippen LogP contribution in [0.2, 0.25) is 0 Å². The van der Waals surface area contributed by atoms with Crippen molar-refractivity contribution in [3.05, 3.63) is 69.7 Å². The molecule has 88 valence electrons. The van der Waals surface area contributed by atoms with Gasteiger partial charge in [0.1, 0.15) is 0 Å². The maximum Gasteiger partial charge on any atom is 0.168 e. The van der Waals surface area contributed by atoms with Crippen molar-refractivity contribution in [2.24, 2.45) is 0 Å². The van der Waals surface area contributed by atoms with Crippen LogP contribution in [0.25, 0.3) is 0 Å². The van der Waals surface area contributed by atoms with Gasteiger partial charge in [-0.1, -0.05) is 46.3 Å². The van der Waals surface area contributed by atoms with E-state index in [9.17, 15) is 4.79 Å². The van der Waals surface area contributed by atoms with Crippen LogP contribution in [0.1, 0.15) is 21.5 Å². The lowest BCUT2D eigenvalue weighted by Gasteiger charge is -2.03. The minimum absolute atomic E-state index is 0.0622. The highest BCUT2D eigenvalue weighted by Crippen LogP contribution is 2.18. The third-order valence-corrected chi connectivity index (χ3v) is 3.31. The lowest BCUT2D eigenvalue weighted by molar-refractivity contribution is 0.0992. The first-order chi connectivity index (χ1) is 8.70. The minimum Gasteiger partial charge on any atom is -0.294 e. The summed E-state index contributed by atoms with van der Waals surface area (Å²) >= 11 is 3.37. The van der Waals surface area contributed by atoms with Gasteiger partial charge in [-0.3, -0.25) is 4.79 Å². The summed E-state index contributed by atoms with van der Waals surface area (Å²) in [5, 5.41) is 8.70. The van der Waals surface area contributed by atoms with Crippen molar-refractivity contribution >= 4 is 21.7 Å². The van der Waals surface area contributed by atoms with E-state index in [1.54, 1.807) is 18.2 Å². The van der Waals surface area contributed by atoms with E-state index in [1.165, 1.54) is 0 Å². The van der Waals surface area contributed by atoms with Crippen molar-refractivity contribution in [2.45, 2.75) is 6.42 Å². The Balaban J connectivity index is 2.17. The molecule has 0 aliphatic rings. The predicted molar refractivity (Wildman–Crippen MR) is 73.3 cm³/mol. The Kier molecular flexibility index (Phi) is 3.91. The van der Waals surface area contributed by atoms with Gasteiger partial charge in [0.15, 0.2) is 5.78 Å². The number of nitrogens with zero attached hydrogens (tertiary/aromatic N) is 1. The molecule has 0 aromatic heterocycles. The van der Waals surface area contributed by atoms with Gasteiger partial charge >= 0.3 is 0 Å². The average molecular weight is 300 g/mol. The minimum atomic E-state index is 0.0622.